The lowest BCUT2D eigenvalue weighted by atomic mass is 10.2. The minimum atomic E-state index is 0.475. The monoisotopic (exact) mass is 442 g/mol. The van der Waals surface area contributed by atoms with Crippen LogP contribution in [0.3, 0.4) is 0 Å². The Morgan fingerprint density at radius 3 is 2.55 bits per heavy atom. The fraction of sp³-hybridized carbons (Fsp3) is 0.440. The molecule has 0 amide bonds. The molecule has 8 nitrogen and oxygen atoms in total. The Hall–Kier alpha value is -3.26. The first-order valence-electron chi connectivity index (χ1n) is 12.1. The first-order valence-corrected chi connectivity index (χ1v) is 12.1. The average Bonchev–Trinajstić information content (AvgIpc) is 3.50. The molecule has 0 aromatic carbocycles. The summed E-state index contributed by atoms with van der Waals surface area (Å²) in [5, 5.41) is 5.57. The average molecular weight is 443 g/mol. The molecule has 1 saturated heterocycles. The number of aromatic nitrogens is 5. The summed E-state index contributed by atoms with van der Waals surface area (Å²) in [6.45, 7) is 7.64. The van der Waals surface area contributed by atoms with Crippen molar-refractivity contribution in [1.29, 1.82) is 0 Å². The maximum Gasteiger partial charge on any atom is 0.230 e. The Labute approximate surface area is 193 Å². The van der Waals surface area contributed by atoms with Crippen LogP contribution in [0.4, 0.5) is 17.5 Å². The Kier molecular flexibility index (Phi) is 5.30. The molecular weight excluding hydrogens is 412 g/mol. The van der Waals surface area contributed by atoms with Crippen LogP contribution in [-0.2, 0) is 0 Å². The van der Waals surface area contributed by atoms with Gasteiger partial charge in [-0.2, -0.15) is 4.98 Å². The van der Waals surface area contributed by atoms with Crippen molar-refractivity contribution in [2.75, 3.05) is 42.9 Å². The third-order valence-corrected chi connectivity index (χ3v) is 7.21. The Morgan fingerprint density at radius 2 is 1.79 bits per heavy atom. The molecule has 0 radical (unpaired) electrons. The number of likely N-dealkylation sites (N-methyl/N-ethyl adjacent to an activating group) is 1. The highest BCUT2D eigenvalue weighted by molar-refractivity contribution is 6.06. The van der Waals surface area contributed by atoms with Gasteiger partial charge in [-0.05, 0) is 37.6 Å². The van der Waals surface area contributed by atoms with Crippen LogP contribution >= 0.6 is 0 Å². The van der Waals surface area contributed by atoms with E-state index in [0.717, 1.165) is 55.1 Å². The fourth-order valence-corrected chi connectivity index (χ4v) is 5.34. The molecule has 2 aliphatic rings. The highest BCUT2D eigenvalue weighted by Crippen LogP contribution is 2.37. The van der Waals surface area contributed by atoms with Gasteiger partial charge in [0.05, 0.1) is 23.6 Å². The van der Waals surface area contributed by atoms with Gasteiger partial charge in [0, 0.05) is 55.4 Å². The number of nitrogens with zero attached hydrogens (tertiary/aromatic N) is 7. The van der Waals surface area contributed by atoms with Gasteiger partial charge in [0.25, 0.3) is 0 Å². The van der Waals surface area contributed by atoms with Crippen molar-refractivity contribution in [2.45, 2.75) is 38.6 Å². The van der Waals surface area contributed by atoms with Crippen LogP contribution in [0.15, 0.2) is 43.0 Å². The molecule has 5 heterocycles. The van der Waals surface area contributed by atoms with Crippen molar-refractivity contribution in [2.24, 2.45) is 0 Å². The Balaban J connectivity index is 1.27. The molecule has 6 rings (SSSR count). The summed E-state index contributed by atoms with van der Waals surface area (Å²) in [4.78, 5) is 23.5. The quantitative estimate of drug-likeness (QED) is 0.492. The van der Waals surface area contributed by atoms with Gasteiger partial charge in [-0.15, -0.1) is 0 Å². The van der Waals surface area contributed by atoms with Crippen LogP contribution in [0.2, 0.25) is 0 Å². The van der Waals surface area contributed by atoms with Gasteiger partial charge in [0.1, 0.15) is 11.5 Å². The molecule has 2 fully saturated rings. The molecule has 1 saturated carbocycles. The molecule has 0 spiro atoms. The number of fused-ring (bicyclic) bond motifs is 3. The zero-order chi connectivity index (χ0) is 22.2. The number of nitrogens with one attached hydrogen (secondary N) is 1. The van der Waals surface area contributed by atoms with Gasteiger partial charge in [-0.1, -0.05) is 19.8 Å². The molecule has 4 aromatic rings. The van der Waals surface area contributed by atoms with Crippen LogP contribution in [0.1, 0.15) is 38.6 Å². The molecule has 0 unspecified atom stereocenters. The highest BCUT2D eigenvalue weighted by Gasteiger charge is 2.23. The van der Waals surface area contributed by atoms with E-state index in [1.807, 2.05) is 30.9 Å². The molecular formula is C25H30N8. The number of anilines is 3. The first-order chi connectivity index (χ1) is 16.3. The summed E-state index contributed by atoms with van der Waals surface area (Å²) in [5.41, 5.74) is 3.30. The number of piperazine rings is 1. The summed E-state index contributed by atoms with van der Waals surface area (Å²) in [6.07, 6.45) is 12.6. The molecule has 1 aliphatic heterocycles. The molecule has 1 N–H and O–H groups in total. The first kappa shape index (κ1) is 20.4. The van der Waals surface area contributed by atoms with E-state index >= 15 is 0 Å². The Morgan fingerprint density at radius 1 is 0.939 bits per heavy atom. The van der Waals surface area contributed by atoms with E-state index in [9.17, 15) is 0 Å². The van der Waals surface area contributed by atoms with Crippen molar-refractivity contribution in [3.8, 4) is 0 Å². The predicted octanol–water partition coefficient (Wildman–Crippen LogP) is 4.38. The van der Waals surface area contributed by atoms with E-state index in [1.165, 1.54) is 36.8 Å². The van der Waals surface area contributed by atoms with Gasteiger partial charge in [-0.25, -0.2) is 9.97 Å². The standard InChI is InChI=1S/C25H30N8/c1-2-31-11-13-32(14-12-31)19-7-8-23(27-15-19)29-25-28-16-21-20-9-10-26-17-22(20)33(24(21)30-25)18-5-3-4-6-18/h7-10,15-18H,2-6,11-14H2,1H3,(H,27,28,29,30). The lowest BCUT2D eigenvalue weighted by Crippen LogP contribution is -2.46. The molecule has 4 aromatic heterocycles. The summed E-state index contributed by atoms with van der Waals surface area (Å²) in [5.74, 6) is 1.34. The molecule has 0 bridgehead atoms. The molecule has 33 heavy (non-hydrogen) atoms. The number of pyridine rings is 2. The summed E-state index contributed by atoms with van der Waals surface area (Å²) in [7, 11) is 0. The minimum Gasteiger partial charge on any atom is -0.368 e. The third-order valence-electron chi connectivity index (χ3n) is 7.21. The summed E-state index contributed by atoms with van der Waals surface area (Å²) in [6, 6.07) is 6.70. The second kappa shape index (κ2) is 8.59. The van der Waals surface area contributed by atoms with Crippen LogP contribution < -0.4 is 10.2 Å². The van der Waals surface area contributed by atoms with E-state index < -0.39 is 0 Å². The normalized spacial score (nSPS) is 17.9. The summed E-state index contributed by atoms with van der Waals surface area (Å²) >= 11 is 0. The van der Waals surface area contributed by atoms with E-state index in [2.05, 4.69) is 53.7 Å². The lowest BCUT2D eigenvalue weighted by molar-refractivity contribution is 0.271. The zero-order valence-corrected chi connectivity index (χ0v) is 19.1. The van der Waals surface area contributed by atoms with Crippen LogP contribution in [0.25, 0.3) is 21.9 Å². The van der Waals surface area contributed by atoms with Gasteiger partial charge in [0.2, 0.25) is 5.95 Å². The highest BCUT2D eigenvalue weighted by atomic mass is 15.3. The van der Waals surface area contributed by atoms with Crippen molar-refractivity contribution in [3.63, 3.8) is 0 Å². The van der Waals surface area contributed by atoms with Crippen molar-refractivity contribution in [3.05, 3.63) is 43.0 Å². The molecule has 0 atom stereocenters. The van der Waals surface area contributed by atoms with Gasteiger partial charge in [-0.3, -0.25) is 4.98 Å². The van der Waals surface area contributed by atoms with Crippen molar-refractivity contribution in [1.82, 2.24) is 29.4 Å². The van der Waals surface area contributed by atoms with E-state index in [1.54, 1.807) is 0 Å². The minimum absolute atomic E-state index is 0.475. The SMILES string of the molecule is CCN1CCN(c2ccc(Nc3ncc4c5ccncc5n(C5CCCC5)c4n3)nc2)CC1. The van der Waals surface area contributed by atoms with Gasteiger partial charge < -0.3 is 19.7 Å². The third kappa shape index (κ3) is 3.78. The Bertz CT molecular complexity index is 1250. The molecule has 1 aliphatic carbocycles. The molecule has 8 heteroatoms. The van der Waals surface area contributed by atoms with Crippen LogP contribution in [0, 0.1) is 0 Å². The topological polar surface area (TPSA) is 75.0 Å². The zero-order valence-electron chi connectivity index (χ0n) is 19.1. The maximum atomic E-state index is 4.94. The van der Waals surface area contributed by atoms with Gasteiger partial charge >= 0.3 is 0 Å². The van der Waals surface area contributed by atoms with Crippen molar-refractivity contribution < 1.29 is 0 Å². The fourth-order valence-electron chi connectivity index (χ4n) is 5.34. The maximum absolute atomic E-state index is 4.94. The lowest BCUT2D eigenvalue weighted by Gasteiger charge is -2.35. The molecule has 170 valence electrons. The van der Waals surface area contributed by atoms with Crippen LogP contribution in [-0.4, -0.2) is 62.1 Å². The van der Waals surface area contributed by atoms with Crippen molar-refractivity contribution >= 4 is 39.4 Å². The van der Waals surface area contributed by atoms with Gasteiger partial charge in [0.15, 0.2) is 0 Å². The number of rotatable bonds is 5. The number of hydrogen-bond donors (Lipinski definition) is 1. The smallest absolute Gasteiger partial charge is 0.230 e. The second-order valence-corrected chi connectivity index (χ2v) is 9.08. The van der Waals surface area contributed by atoms with Crippen LogP contribution in [0.5, 0.6) is 0 Å². The predicted molar refractivity (Wildman–Crippen MR) is 132 cm³/mol. The second-order valence-electron chi connectivity index (χ2n) is 9.08. The number of hydrogen-bond acceptors (Lipinski definition) is 7. The largest absolute Gasteiger partial charge is 0.368 e. The van der Waals surface area contributed by atoms with E-state index in [0.29, 0.717) is 12.0 Å². The summed E-state index contributed by atoms with van der Waals surface area (Å²) < 4.78 is 2.38. The van der Waals surface area contributed by atoms with E-state index in [4.69, 9.17) is 4.98 Å². The van der Waals surface area contributed by atoms with E-state index in [-0.39, 0.29) is 0 Å².